The molecule has 1 amide bonds. The summed E-state index contributed by atoms with van der Waals surface area (Å²) in [5, 5.41) is 2.78. The van der Waals surface area contributed by atoms with Crippen LogP contribution in [0.4, 0.5) is 0 Å². The number of benzene rings is 1. The number of hydrogen-bond donors (Lipinski definition) is 2. The van der Waals surface area contributed by atoms with Crippen molar-refractivity contribution in [2.75, 3.05) is 19.7 Å². The maximum absolute atomic E-state index is 12.0. The first-order valence-corrected chi connectivity index (χ1v) is 8.44. The van der Waals surface area contributed by atoms with Crippen LogP contribution in [0.25, 0.3) is 0 Å². The minimum absolute atomic E-state index is 0.0663. The molecule has 0 aliphatic carbocycles. The number of sulfonamides is 1. The lowest BCUT2D eigenvalue weighted by Crippen LogP contribution is -2.31. The number of nitrogens with one attached hydrogen (secondary N) is 2. The average molecular weight is 322 g/mol. The number of carbonyl (C=O) groups is 1. The van der Waals surface area contributed by atoms with Gasteiger partial charge in [-0.15, -0.1) is 6.42 Å². The van der Waals surface area contributed by atoms with Crippen molar-refractivity contribution in [3.05, 3.63) is 29.8 Å². The quantitative estimate of drug-likeness (QED) is 0.747. The topological polar surface area (TPSA) is 84.5 Å². The summed E-state index contributed by atoms with van der Waals surface area (Å²) in [5.41, 5.74) is 0.397. The van der Waals surface area contributed by atoms with E-state index in [4.69, 9.17) is 11.2 Å². The smallest absolute Gasteiger partial charge is 0.251 e. The first kappa shape index (κ1) is 16.5. The second-order valence-corrected chi connectivity index (χ2v) is 6.67. The molecule has 6 nitrogen and oxygen atoms in total. The Bertz CT molecular complexity index is 656. The number of terminal acetylenes is 1. The van der Waals surface area contributed by atoms with E-state index in [0.717, 1.165) is 19.4 Å². The van der Waals surface area contributed by atoms with Crippen molar-refractivity contribution in [1.82, 2.24) is 10.0 Å². The predicted octanol–water partition coefficient (Wildman–Crippen LogP) is 0.507. The molecule has 0 bridgehead atoms. The van der Waals surface area contributed by atoms with Crippen molar-refractivity contribution in [1.29, 1.82) is 0 Å². The van der Waals surface area contributed by atoms with Gasteiger partial charge in [0.25, 0.3) is 5.91 Å². The summed E-state index contributed by atoms with van der Waals surface area (Å²) in [6, 6.07) is 5.68. The molecule has 0 radical (unpaired) electrons. The van der Waals surface area contributed by atoms with Gasteiger partial charge in [0.05, 0.1) is 17.5 Å². The van der Waals surface area contributed by atoms with Crippen molar-refractivity contribution in [3.63, 3.8) is 0 Å². The number of ether oxygens (including phenoxy) is 1. The first-order chi connectivity index (χ1) is 10.5. The van der Waals surface area contributed by atoms with E-state index in [0.29, 0.717) is 12.1 Å². The third-order valence-electron chi connectivity index (χ3n) is 3.31. The second kappa shape index (κ2) is 7.40. The van der Waals surface area contributed by atoms with E-state index >= 15 is 0 Å². The van der Waals surface area contributed by atoms with E-state index in [2.05, 4.69) is 16.0 Å². The van der Waals surface area contributed by atoms with Crippen molar-refractivity contribution in [3.8, 4) is 12.3 Å². The van der Waals surface area contributed by atoms with Gasteiger partial charge in [0, 0.05) is 18.7 Å². The number of carbonyl (C=O) groups excluding carboxylic acids is 1. The van der Waals surface area contributed by atoms with Gasteiger partial charge < -0.3 is 10.1 Å². The Balaban J connectivity index is 1.96. The Labute approximate surface area is 130 Å². The molecule has 1 aromatic carbocycles. The molecule has 2 N–H and O–H groups in total. The van der Waals surface area contributed by atoms with E-state index in [-0.39, 0.29) is 23.5 Å². The van der Waals surface area contributed by atoms with Crippen LogP contribution in [0.5, 0.6) is 0 Å². The molecule has 2 rings (SSSR count). The third-order valence-corrected chi connectivity index (χ3v) is 4.72. The molecule has 118 valence electrons. The van der Waals surface area contributed by atoms with E-state index in [1.54, 1.807) is 0 Å². The fourth-order valence-electron chi connectivity index (χ4n) is 2.12. The molecule has 0 aromatic heterocycles. The maximum atomic E-state index is 12.0. The maximum Gasteiger partial charge on any atom is 0.251 e. The summed E-state index contributed by atoms with van der Waals surface area (Å²) in [6.07, 6.45) is 7.04. The van der Waals surface area contributed by atoms with Gasteiger partial charge >= 0.3 is 0 Å². The van der Waals surface area contributed by atoms with Crippen molar-refractivity contribution >= 4 is 15.9 Å². The second-order valence-electron chi connectivity index (χ2n) is 4.90. The van der Waals surface area contributed by atoms with Gasteiger partial charge in [0.2, 0.25) is 10.0 Å². The Morgan fingerprint density at radius 2 is 2.09 bits per heavy atom. The summed E-state index contributed by atoms with van der Waals surface area (Å²) in [4.78, 5) is 12.0. The zero-order chi connectivity index (χ0) is 16.0. The van der Waals surface area contributed by atoms with Gasteiger partial charge in [-0.2, -0.15) is 4.72 Å². The number of amides is 1. The number of hydrogen-bond acceptors (Lipinski definition) is 4. The first-order valence-electron chi connectivity index (χ1n) is 6.96. The summed E-state index contributed by atoms with van der Waals surface area (Å²) in [6.45, 7) is 1.12. The molecule has 1 saturated heterocycles. The van der Waals surface area contributed by atoms with E-state index in [1.165, 1.54) is 24.3 Å². The Kier molecular flexibility index (Phi) is 5.55. The van der Waals surface area contributed by atoms with Crippen LogP contribution in [0.1, 0.15) is 23.2 Å². The SMILES string of the molecule is C#CCNS(=O)(=O)c1ccc(C(=O)NCC2CCCO2)cc1. The molecule has 22 heavy (non-hydrogen) atoms. The minimum Gasteiger partial charge on any atom is -0.376 e. The van der Waals surface area contributed by atoms with E-state index in [1.807, 2.05) is 0 Å². The highest BCUT2D eigenvalue weighted by Crippen LogP contribution is 2.12. The zero-order valence-corrected chi connectivity index (χ0v) is 12.9. The van der Waals surface area contributed by atoms with Crippen LogP contribution >= 0.6 is 0 Å². The van der Waals surface area contributed by atoms with Crippen LogP contribution in [0.3, 0.4) is 0 Å². The molecule has 1 aromatic rings. The molecule has 1 unspecified atom stereocenters. The fraction of sp³-hybridized carbons (Fsp3) is 0.400. The Morgan fingerprint density at radius 1 is 1.36 bits per heavy atom. The van der Waals surface area contributed by atoms with Gasteiger partial charge in [0.1, 0.15) is 0 Å². The van der Waals surface area contributed by atoms with Crippen LogP contribution < -0.4 is 10.0 Å². The average Bonchev–Trinajstić information content (AvgIpc) is 3.04. The van der Waals surface area contributed by atoms with Crippen molar-refractivity contribution in [2.24, 2.45) is 0 Å². The summed E-state index contributed by atoms with van der Waals surface area (Å²) in [5.74, 6) is 1.95. The molecular weight excluding hydrogens is 304 g/mol. The van der Waals surface area contributed by atoms with Crippen LogP contribution in [-0.2, 0) is 14.8 Å². The summed E-state index contributed by atoms with van der Waals surface area (Å²) < 4.78 is 31.4. The largest absolute Gasteiger partial charge is 0.376 e. The molecule has 1 atom stereocenters. The predicted molar refractivity (Wildman–Crippen MR) is 81.8 cm³/mol. The molecule has 1 aliphatic heterocycles. The van der Waals surface area contributed by atoms with Crippen LogP contribution in [0, 0.1) is 12.3 Å². The standard InChI is InChI=1S/C15H18N2O4S/c1-2-9-17-22(19,20)14-7-5-12(6-8-14)15(18)16-11-13-4-3-10-21-13/h1,5-8,13,17H,3-4,9-11H2,(H,16,18). The van der Waals surface area contributed by atoms with Gasteiger partial charge in [-0.3, -0.25) is 4.79 Å². The summed E-state index contributed by atoms with van der Waals surface area (Å²) >= 11 is 0. The lowest BCUT2D eigenvalue weighted by atomic mass is 10.2. The highest BCUT2D eigenvalue weighted by atomic mass is 32.2. The molecular formula is C15H18N2O4S. The molecule has 0 spiro atoms. The Hall–Kier alpha value is -1.88. The van der Waals surface area contributed by atoms with Gasteiger partial charge in [-0.25, -0.2) is 8.42 Å². The van der Waals surface area contributed by atoms with Crippen LogP contribution in [0.2, 0.25) is 0 Å². The molecule has 0 saturated carbocycles. The van der Waals surface area contributed by atoms with Gasteiger partial charge in [-0.05, 0) is 37.1 Å². The summed E-state index contributed by atoms with van der Waals surface area (Å²) in [7, 11) is -3.63. The molecule has 1 fully saturated rings. The molecule has 7 heteroatoms. The fourth-order valence-corrected chi connectivity index (χ4v) is 3.05. The van der Waals surface area contributed by atoms with Gasteiger partial charge in [-0.1, -0.05) is 5.92 Å². The highest BCUT2D eigenvalue weighted by Gasteiger charge is 2.17. The van der Waals surface area contributed by atoms with Crippen LogP contribution in [0.15, 0.2) is 29.2 Å². The van der Waals surface area contributed by atoms with Crippen LogP contribution in [-0.4, -0.2) is 40.1 Å². The monoisotopic (exact) mass is 322 g/mol. The Morgan fingerprint density at radius 3 is 2.68 bits per heavy atom. The highest BCUT2D eigenvalue weighted by molar-refractivity contribution is 7.89. The molecule has 1 heterocycles. The third kappa shape index (κ3) is 4.31. The van der Waals surface area contributed by atoms with E-state index in [9.17, 15) is 13.2 Å². The lowest BCUT2D eigenvalue weighted by molar-refractivity contribution is 0.0857. The van der Waals surface area contributed by atoms with E-state index < -0.39 is 10.0 Å². The molecule has 1 aliphatic rings. The van der Waals surface area contributed by atoms with Gasteiger partial charge in [0.15, 0.2) is 0 Å². The van der Waals surface area contributed by atoms with Crippen molar-refractivity contribution in [2.45, 2.75) is 23.8 Å². The number of rotatable bonds is 6. The minimum atomic E-state index is -3.63. The van der Waals surface area contributed by atoms with Crippen molar-refractivity contribution < 1.29 is 17.9 Å². The lowest BCUT2D eigenvalue weighted by Gasteiger charge is -2.11. The normalized spacial score (nSPS) is 17.9. The zero-order valence-electron chi connectivity index (χ0n) is 12.0.